The molecule has 0 saturated heterocycles. The topological polar surface area (TPSA) is 278 Å². The number of carboxylic acid groups (broad SMARTS) is 6. The number of unbranched alkanes of at least 4 members (excludes halogenated alkanes) is 22. The molecule has 0 aromatic carbocycles. The number of aliphatic carboxylic acids is 6. The summed E-state index contributed by atoms with van der Waals surface area (Å²) < 4.78 is 31.3. The third-order valence-corrected chi connectivity index (χ3v) is 17.4. The second-order valence-electron chi connectivity index (χ2n) is 22.2. The molecule has 4 unspecified atom stereocenters. The van der Waals surface area contributed by atoms with Gasteiger partial charge in [0, 0.05) is 0 Å². The van der Waals surface area contributed by atoms with Crippen molar-refractivity contribution in [3.8, 4) is 0 Å². The van der Waals surface area contributed by atoms with Gasteiger partial charge in [0.1, 0.15) is 0 Å². The van der Waals surface area contributed by atoms with E-state index in [0.29, 0.717) is 56.8 Å². The van der Waals surface area contributed by atoms with Gasteiger partial charge in [-0.2, -0.15) is 8.42 Å². The summed E-state index contributed by atoms with van der Waals surface area (Å²) in [4.78, 5) is 70.3. The van der Waals surface area contributed by atoms with E-state index in [9.17, 15) is 72.4 Å². The molecule has 0 aliphatic heterocycles. The van der Waals surface area contributed by atoms with Gasteiger partial charge in [0.05, 0.1) is 29.6 Å². The van der Waals surface area contributed by atoms with Crippen molar-refractivity contribution < 1.29 is 72.4 Å². The standard InChI is InChI=1S/C20H38O7S.2C20H38O4.2Na.2H/c1-3-5-7-9-11-13-15-17(18(21)22)20(19(23)24,28(25,26)27)16-14-12-10-8-6-4-2;1-5-9-11-16(7-3)13-20(19(23)24,15-18(21)22)14-17(8-4)12-10-6-2;1-3-5-7-9-11-13-15-20(19(23)24,17-18(21)22)16-14-12-10-8-6-4-2;;;;/h17H,3-16H2,1-2H3,(H,21,22)(H,23,24)(H,25,26,27);16-17H,5-15H2,1-4H3,(H,21,22)(H,23,24);3-17H2,1-2H3,(H,21,22)(H,23,24);;;;. The molecule has 0 amide bonds. The Bertz CT molecular complexity index is 1610. The summed E-state index contributed by atoms with van der Waals surface area (Å²) in [6, 6.07) is 0. The second-order valence-corrected chi connectivity index (χ2v) is 23.9. The van der Waals surface area contributed by atoms with Gasteiger partial charge in [0.15, 0.2) is 0 Å². The third-order valence-electron chi connectivity index (χ3n) is 15.8. The minimum atomic E-state index is -5.10. The van der Waals surface area contributed by atoms with Gasteiger partial charge in [0.25, 0.3) is 10.1 Å². The number of hydrogen-bond acceptors (Lipinski definition) is 8. The number of carbonyl (C=O) groups is 6. The molecular formula is C60H116Na2O15S. The molecule has 0 rings (SSSR count). The first-order valence-electron chi connectivity index (χ1n) is 30.3. The number of carboxylic acids is 6. The maximum atomic E-state index is 12.1. The zero-order valence-corrected chi connectivity index (χ0v) is 50.1. The SMILES string of the molecule is CCCCC(CC)CC(CC(=O)O)(CC(CC)CCCC)C(=O)O.CCCCCCCCC(C(=O)O)C(CCCCCCCC)(C(=O)O)S(=O)(=O)O.CCCCCCCCC(CCCCCCCC)(CC(=O)O)C(=O)O.[NaH].[NaH]. The normalized spacial score (nSPS) is 14.0. The van der Waals surface area contributed by atoms with Crippen molar-refractivity contribution in [3.63, 3.8) is 0 Å². The van der Waals surface area contributed by atoms with Crippen molar-refractivity contribution in [1.82, 2.24) is 0 Å². The fourth-order valence-electron chi connectivity index (χ4n) is 10.8. The van der Waals surface area contributed by atoms with Crippen LogP contribution in [-0.4, -0.2) is 143 Å². The van der Waals surface area contributed by atoms with Crippen LogP contribution in [0.15, 0.2) is 0 Å². The molecule has 0 aromatic rings. The van der Waals surface area contributed by atoms with E-state index in [1.807, 2.05) is 0 Å². The van der Waals surface area contributed by atoms with Crippen LogP contribution in [0.4, 0.5) is 0 Å². The van der Waals surface area contributed by atoms with Crippen LogP contribution in [0.2, 0.25) is 0 Å². The van der Waals surface area contributed by atoms with E-state index in [4.69, 9.17) is 0 Å². The van der Waals surface area contributed by atoms with Crippen molar-refractivity contribution in [2.45, 2.75) is 317 Å². The van der Waals surface area contributed by atoms with E-state index < -0.39 is 67.4 Å². The quantitative estimate of drug-likeness (QED) is 0.0169. The zero-order valence-electron chi connectivity index (χ0n) is 49.3. The van der Waals surface area contributed by atoms with E-state index in [1.54, 1.807) is 0 Å². The Labute approximate surface area is 518 Å². The fourth-order valence-corrected chi connectivity index (χ4v) is 12.0. The van der Waals surface area contributed by atoms with E-state index in [0.717, 1.165) is 141 Å². The molecule has 0 saturated carbocycles. The van der Waals surface area contributed by atoms with Gasteiger partial charge < -0.3 is 30.6 Å². The fraction of sp³-hybridized carbons (Fsp3) is 0.900. The third kappa shape index (κ3) is 38.5. The molecule has 454 valence electrons. The molecule has 0 aromatic heterocycles. The van der Waals surface area contributed by atoms with Gasteiger partial charge in [-0.3, -0.25) is 33.3 Å². The first kappa shape index (κ1) is 85.5. The summed E-state index contributed by atoms with van der Waals surface area (Å²) in [5, 5.41) is 57.5. The maximum absolute atomic E-state index is 12.1. The van der Waals surface area contributed by atoms with Crippen molar-refractivity contribution in [1.29, 1.82) is 0 Å². The Morgan fingerprint density at radius 3 is 0.936 bits per heavy atom. The number of rotatable bonds is 50. The van der Waals surface area contributed by atoms with Crippen LogP contribution in [-0.2, 0) is 38.9 Å². The van der Waals surface area contributed by atoms with Gasteiger partial charge in [-0.05, 0) is 50.4 Å². The van der Waals surface area contributed by atoms with E-state index in [2.05, 4.69) is 55.4 Å². The van der Waals surface area contributed by atoms with Crippen LogP contribution in [0.25, 0.3) is 0 Å². The van der Waals surface area contributed by atoms with Crippen LogP contribution in [0, 0.1) is 28.6 Å². The zero-order chi connectivity index (χ0) is 58.5. The van der Waals surface area contributed by atoms with Crippen molar-refractivity contribution in [3.05, 3.63) is 0 Å². The van der Waals surface area contributed by atoms with Crippen LogP contribution in [0.1, 0.15) is 312 Å². The average molecular weight is 1160 g/mol. The van der Waals surface area contributed by atoms with Gasteiger partial charge in [0.2, 0.25) is 4.75 Å². The summed E-state index contributed by atoms with van der Waals surface area (Å²) in [7, 11) is -5.10. The first-order chi connectivity index (χ1) is 36.0. The molecule has 0 heterocycles. The van der Waals surface area contributed by atoms with Crippen LogP contribution < -0.4 is 0 Å². The molecule has 15 nitrogen and oxygen atoms in total. The van der Waals surface area contributed by atoms with Crippen LogP contribution in [0.5, 0.6) is 0 Å². The molecule has 0 bridgehead atoms. The molecule has 7 N–H and O–H groups in total. The molecule has 4 atom stereocenters. The number of hydrogen-bond donors (Lipinski definition) is 7. The Morgan fingerprint density at radius 1 is 0.372 bits per heavy atom. The van der Waals surface area contributed by atoms with Gasteiger partial charge in [-0.25, -0.2) is 0 Å². The van der Waals surface area contributed by atoms with Gasteiger partial charge >= 0.3 is 94.9 Å². The average Bonchev–Trinajstić information content (AvgIpc) is 3.35. The molecule has 0 fully saturated rings. The Balaban J connectivity index is -0.000000339. The van der Waals surface area contributed by atoms with E-state index >= 15 is 0 Å². The van der Waals surface area contributed by atoms with Gasteiger partial charge in [-0.15, -0.1) is 0 Å². The first-order valence-corrected chi connectivity index (χ1v) is 31.8. The van der Waals surface area contributed by atoms with Crippen LogP contribution >= 0.6 is 0 Å². The van der Waals surface area contributed by atoms with Crippen molar-refractivity contribution in [2.24, 2.45) is 28.6 Å². The summed E-state index contributed by atoms with van der Waals surface area (Å²) in [6.45, 7) is 16.9. The van der Waals surface area contributed by atoms with Gasteiger partial charge in [-0.1, -0.05) is 261 Å². The van der Waals surface area contributed by atoms with E-state index in [-0.39, 0.29) is 91.2 Å². The molecule has 18 heteroatoms. The summed E-state index contributed by atoms with van der Waals surface area (Å²) >= 11 is 0. The van der Waals surface area contributed by atoms with Crippen molar-refractivity contribution >= 4 is 105 Å². The molecular weight excluding hydrogens is 1040 g/mol. The molecule has 0 radical (unpaired) electrons. The Hall–Kier alpha value is -1.27. The second kappa shape index (κ2) is 52.5. The predicted molar refractivity (Wildman–Crippen MR) is 320 cm³/mol. The van der Waals surface area contributed by atoms with E-state index in [1.165, 1.54) is 38.5 Å². The predicted octanol–water partition coefficient (Wildman–Crippen LogP) is 15.4. The molecule has 78 heavy (non-hydrogen) atoms. The summed E-state index contributed by atoms with van der Waals surface area (Å²) in [6.07, 6.45) is 32.1. The molecule has 0 aliphatic carbocycles. The van der Waals surface area contributed by atoms with Crippen molar-refractivity contribution in [2.75, 3.05) is 0 Å². The van der Waals surface area contributed by atoms with Crippen LogP contribution in [0.3, 0.4) is 0 Å². The Kier molecular flexibility index (Phi) is 57.6. The Morgan fingerprint density at radius 2 is 0.667 bits per heavy atom. The molecule has 0 aliphatic rings. The summed E-state index contributed by atoms with van der Waals surface area (Å²) in [5.74, 6) is -8.17. The monoisotopic (exact) mass is 1150 g/mol. The minimum absolute atomic E-state index is 0. The molecule has 0 spiro atoms. The summed E-state index contributed by atoms with van der Waals surface area (Å²) in [5.41, 5.74) is -2.18.